The molecule has 184 valence electrons. The van der Waals surface area contributed by atoms with E-state index in [1.54, 1.807) is 27.7 Å². The lowest BCUT2D eigenvalue weighted by molar-refractivity contribution is 0.265. The third-order valence-corrected chi connectivity index (χ3v) is 6.33. The second-order valence-electron chi connectivity index (χ2n) is 8.38. The lowest BCUT2D eigenvalue weighted by atomic mass is 10.2. The van der Waals surface area contributed by atoms with Crippen molar-refractivity contribution in [3.63, 3.8) is 0 Å². The Kier molecular flexibility index (Phi) is 6.08. The van der Waals surface area contributed by atoms with E-state index < -0.39 is 0 Å². The number of hydrogen-bond donors (Lipinski definition) is 2. The predicted octanol–water partition coefficient (Wildman–Crippen LogP) is 2.88. The zero-order valence-corrected chi connectivity index (χ0v) is 20.2. The molecule has 0 aliphatic carbocycles. The Bertz CT molecular complexity index is 1320. The van der Waals surface area contributed by atoms with E-state index in [4.69, 9.17) is 24.2 Å². The van der Waals surface area contributed by atoms with Crippen molar-refractivity contribution in [3.05, 3.63) is 36.9 Å². The molecule has 0 radical (unpaired) electrons. The lowest BCUT2D eigenvalue weighted by Crippen LogP contribution is -2.33. The van der Waals surface area contributed by atoms with Gasteiger partial charge in [-0.25, -0.2) is 4.98 Å². The highest BCUT2D eigenvalue weighted by Gasteiger charge is 2.27. The Morgan fingerprint density at radius 1 is 1.11 bits per heavy atom. The highest BCUT2D eigenvalue weighted by Crippen LogP contribution is 2.39. The first-order valence-corrected chi connectivity index (χ1v) is 11.4. The summed E-state index contributed by atoms with van der Waals surface area (Å²) in [4.78, 5) is 16.2. The van der Waals surface area contributed by atoms with Gasteiger partial charge in [0, 0.05) is 31.9 Å². The second-order valence-corrected chi connectivity index (χ2v) is 8.38. The molecule has 1 fully saturated rings. The Hall–Kier alpha value is -3.99. The van der Waals surface area contributed by atoms with Gasteiger partial charge in [-0.2, -0.15) is 9.97 Å². The SMILES string of the molecule is COc1cc(-n2cnc(Nc3nc(N4CCC[C@H]4CO)nc4c3ccn4C)c2)cc(OC)c1OC. The fraction of sp³-hybridized carbons (Fsp3) is 0.375. The molecule has 2 N–H and O–H groups in total. The van der Waals surface area contributed by atoms with Crippen LogP contribution in [0.25, 0.3) is 16.7 Å². The van der Waals surface area contributed by atoms with Gasteiger partial charge in [0.05, 0.1) is 51.2 Å². The van der Waals surface area contributed by atoms with Crippen molar-refractivity contribution in [1.29, 1.82) is 0 Å². The van der Waals surface area contributed by atoms with E-state index >= 15 is 0 Å². The molecule has 4 heterocycles. The maximum absolute atomic E-state index is 9.79. The molecule has 5 rings (SSSR count). The normalized spacial score (nSPS) is 15.6. The van der Waals surface area contributed by atoms with E-state index in [0.29, 0.717) is 34.8 Å². The number of methoxy groups -OCH3 is 3. The zero-order valence-electron chi connectivity index (χ0n) is 20.2. The van der Waals surface area contributed by atoms with Crippen molar-refractivity contribution < 1.29 is 19.3 Å². The second kappa shape index (κ2) is 9.34. The zero-order chi connectivity index (χ0) is 24.5. The Morgan fingerprint density at radius 2 is 1.89 bits per heavy atom. The van der Waals surface area contributed by atoms with Crippen molar-refractivity contribution >= 4 is 28.6 Å². The third-order valence-electron chi connectivity index (χ3n) is 6.33. The van der Waals surface area contributed by atoms with Crippen LogP contribution in [-0.2, 0) is 7.05 Å². The predicted molar refractivity (Wildman–Crippen MR) is 132 cm³/mol. The largest absolute Gasteiger partial charge is 0.493 e. The first-order chi connectivity index (χ1) is 17.1. The number of fused-ring (bicyclic) bond motifs is 1. The van der Waals surface area contributed by atoms with E-state index in [1.165, 1.54) is 0 Å². The summed E-state index contributed by atoms with van der Waals surface area (Å²) in [5.41, 5.74) is 1.61. The Balaban J connectivity index is 1.50. The van der Waals surface area contributed by atoms with Crippen LogP contribution in [0, 0.1) is 0 Å². The van der Waals surface area contributed by atoms with Crippen LogP contribution in [0.3, 0.4) is 0 Å². The van der Waals surface area contributed by atoms with Gasteiger partial charge in [-0.1, -0.05) is 0 Å². The minimum Gasteiger partial charge on any atom is -0.493 e. The number of aliphatic hydroxyl groups excluding tert-OH is 1. The van der Waals surface area contributed by atoms with E-state index in [9.17, 15) is 5.11 Å². The summed E-state index contributed by atoms with van der Waals surface area (Å²) in [5.74, 6) is 3.52. The third kappa shape index (κ3) is 4.08. The van der Waals surface area contributed by atoms with E-state index in [0.717, 1.165) is 36.1 Å². The number of nitrogens with zero attached hydrogens (tertiary/aromatic N) is 6. The molecule has 1 atom stereocenters. The molecule has 0 amide bonds. The van der Waals surface area contributed by atoms with E-state index in [2.05, 4.69) is 15.2 Å². The van der Waals surface area contributed by atoms with Crippen LogP contribution < -0.4 is 24.4 Å². The monoisotopic (exact) mass is 479 g/mol. The molecule has 0 unspecified atom stereocenters. The minimum absolute atomic E-state index is 0.0276. The fourth-order valence-electron chi connectivity index (χ4n) is 4.50. The maximum Gasteiger partial charge on any atom is 0.229 e. The summed E-state index contributed by atoms with van der Waals surface area (Å²) < 4.78 is 20.2. The van der Waals surface area contributed by atoms with Crippen molar-refractivity contribution in [3.8, 4) is 22.9 Å². The molecule has 0 saturated carbocycles. The van der Waals surface area contributed by atoms with Gasteiger partial charge in [0.2, 0.25) is 11.7 Å². The van der Waals surface area contributed by atoms with Crippen LogP contribution in [0.15, 0.2) is 36.9 Å². The smallest absolute Gasteiger partial charge is 0.229 e. The summed E-state index contributed by atoms with van der Waals surface area (Å²) in [7, 11) is 6.70. The minimum atomic E-state index is 0.0276. The molecule has 11 nitrogen and oxygen atoms in total. The first-order valence-electron chi connectivity index (χ1n) is 11.4. The lowest BCUT2D eigenvalue weighted by Gasteiger charge is -2.23. The molecule has 1 aliphatic heterocycles. The molecular formula is C24H29N7O4. The summed E-state index contributed by atoms with van der Waals surface area (Å²) in [6, 6.07) is 5.71. The average Bonchev–Trinajstić information content (AvgIpc) is 3.63. The molecule has 1 saturated heterocycles. The quantitative estimate of drug-likeness (QED) is 0.394. The van der Waals surface area contributed by atoms with Gasteiger partial charge in [0.1, 0.15) is 23.6 Å². The van der Waals surface area contributed by atoms with Crippen LogP contribution in [0.4, 0.5) is 17.6 Å². The number of rotatable bonds is 8. The van der Waals surface area contributed by atoms with E-state index in [-0.39, 0.29) is 12.6 Å². The molecule has 3 aromatic heterocycles. The summed E-state index contributed by atoms with van der Waals surface area (Å²) >= 11 is 0. The van der Waals surface area contributed by atoms with Gasteiger partial charge in [0.25, 0.3) is 0 Å². The van der Waals surface area contributed by atoms with Gasteiger partial charge in [-0.15, -0.1) is 0 Å². The van der Waals surface area contributed by atoms with Crippen molar-refractivity contribution in [2.24, 2.45) is 7.05 Å². The summed E-state index contributed by atoms with van der Waals surface area (Å²) in [6.45, 7) is 0.896. The number of aryl methyl sites for hydroxylation is 1. The molecule has 0 spiro atoms. The van der Waals surface area contributed by atoms with Crippen LogP contribution >= 0.6 is 0 Å². The molecule has 0 bridgehead atoms. The highest BCUT2D eigenvalue weighted by molar-refractivity contribution is 5.90. The average molecular weight is 480 g/mol. The topological polar surface area (TPSA) is 112 Å². The number of nitrogens with one attached hydrogen (secondary N) is 1. The number of ether oxygens (including phenoxy) is 3. The molecule has 1 aromatic carbocycles. The Labute approximate surface area is 202 Å². The molecular weight excluding hydrogens is 450 g/mol. The highest BCUT2D eigenvalue weighted by atomic mass is 16.5. The molecule has 1 aliphatic rings. The summed E-state index contributed by atoms with van der Waals surface area (Å²) in [6.07, 6.45) is 7.45. The summed E-state index contributed by atoms with van der Waals surface area (Å²) in [5, 5.41) is 14.0. The van der Waals surface area contributed by atoms with Crippen LogP contribution in [0.2, 0.25) is 0 Å². The number of imidazole rings is 1. The number of anilines is 3. The standard InChI is InChI=1S/C24H29N7O4/c1-29-9-7-17-22(27-24(28-23(17)29)31-8-5-6-15(31)13-32)26-20-12-30(14-25-20)16-10-18(33-2)21(35-4)19(11-16)34-3/h7,9-12,14-15,32H,5-6,8,13H2,1-4H3,(H,26,27,28)/t15-/m0/s1. The Morgan fingerprint density at radius 3 is 2.57 bits per heavy atom. The number of hydrogen-bond acceptors (Lipinski definition) is 9. The van der Waals surface area contributed by atoms with Crippen LogP contribution in [-0.4, -0.2) is 69.7 Å². The van der Waals surface area contributed by atoms with Crippen LogP contribution in [0.1, 0.15) is 12.8 Å². The van der Waals surface area contributed by atoms with Gasteiger partial charge in [-0.05, 0) is 18.9 Å². The number of aromatic nitrogens is 5. The van der Waals surface area contributed by atoms with Gasteiger partial charge in [-0.3, -0.25) is 0 Å². The molecule has 11 heteroatoms. The first kappa shape index (κ1) is 22.8. The van der Waals surface area contributed by atoms with Crippen molar-refractivity contribution in [2.75, 3.05) is 44.7 Å². The molecule has 4 aromatic rings. The van der Waals surface area contributed by atoms with Crippen molar-refractivity contribution in [1.82, 2.24) is 24.1 Å². The van der Waals surface area contributed by atoms with Gasteiger partial charge < -0.3 is 38.7 Å². The fourth-order valence-corrected chi connectivity index (χ4v) is 4.50. The van der Waals surface area contributed by atoms with Crippen LogP contribution in [0.5, 0.6) is 17.2 Å². The van der Waals surface area contributed by atoms with E-state index in [1.807, 2.05) is 46.8 Å². The van der Waals surface area contributed by atoms with Crippen molar-refractivity contribution in [2.45, 2.75) is 18.9 Å². The number of benzene rings is 1. The number of aliphatic hydroxyl groups is 1. The van der Waals surface area contributed by atoms with Gasteiger partial charge >= 0.3 is 0 Å². The molecule has 35 heavy (non-hydrogen) atoms. The van der Waals surface area contributed by atoms with Gasteiger partial charge in [0.15, 0.2) is 11.5 Å². The maximum atomic E-state index is 9.79.